The van der Waals surface area contributed by atoms with Crippen LogP contribution in [0.4, 0.5) is 0 Å². The molecule has 0 fully saturated rings. The number of allylic oxidation sites excluding steroid dienone is 2. The van der Waals surface area contributed by atoms with Crippen molar-refractivity contribution in [2.24, 2.45) is 0 Å². The van der Waals surface area contributed by atoms with E-state index in [2.05, 4.69) is 18.7 Å². The number of unbranched alkanes of at least 4 members (excludes halogenated alkanes) is 3. The van der Waals surface area contributed by atoms with Crippen LogP contribution in [0.5, 0.6) is 0 Å². The minimum Gasteiger partial charge on any atom is -0.424 e. The fourth-order valence-electron chi connectivity index (χ4n) is 0.833. The van der Waals surface area contributed by atoms with Crippen LogP contribution in [0.2, 0.25) is 0 Å². The molecule has 0 saturated carbocycles. The summed E-state index contributed by atoms with van der Waals surface area (Å²) in [5.74, 6) is 0. The van der Waals surface area contributed by atoms with E-state index in [1.165, 1.54) is 19.3 Å². The van der Waals surface area contributed by atoms with Gasteiger partial charge in [-0.3, -0.25) is 0 Å². The van der Waals surface area contributed by atoms with Crippen LogP contribution in [0.1, 0.15) is 25.7 Å². The molecule has 0 amide bonds. The van der Waals surface area contributed by atoms with Gasteiger partial charge in [0.2, 0.25) is 0 Å². The summed E-state index contributed by atoms with van der Waals surface area (Å²) in [6, 6.07) is 0. The summed E-state index contributed by atoms with van der Waals surface area (Å²) in [6.07, 6.45) is 11.1. The molecule has 0 radical (unpaired) electrons. The van der Waals surface area contributed by atoms with E-state index in [9.17, 15) is 0 Å². The zero-order valence-corrected chi connectivity index (χ0v) is 9.38. The van der Waals surface area contributed by atoms with Crippen molar-refractivity contribution >= 4 is 10.5 Å². The predicted molar refractivity (Wildman–Crippen MR) is 53.7 cm³/mol. The Hall–Kier alpha value is -0.343. The van der Waals surface area contributed by atoms with Gasteiger partial charge in [-0.25, -0.2) is 0 Å². The molecule has 1 nitrogen and oxygen atoms in total. The van der Waals surface area contributed by atoms with E-state index in [0.717, 1.165) is 23.5 Å². The summed E-state index contributed by atoms with van der Waals surface area (Å²) in [5, 5.41) is 0. The summed E-state index contributed by atoms with van der Waals surface area (Å²) in [4.78, 5) is 0. The van der Waals surface area contributed by atoms with Gasteiger partial charge in [0.15, 0.2) is 0 Å². The minimum atomic E-state index is 0.799. The van der Waals surface area contributed by atoms with Crippen molar-refractivity contribution in [1.29, 1.82) is 0 Å². The zero-order chi connectivity index (χ0) is 8.36. The summed E-state index contributed by atoms with van der Waals surface area (Å²) in [5.41, 5.74) is 0. The lowest BCUT2D eigenvalue weighted by Gasteiger charge is -1.92. The molecule has 0 unspecified atom stereocenters. The van der Waals surface area contributed by atoms with E-state index in [1.807, 2.05) is 6.08 Å². The molecule has 2 heteroatoms. The smallest absolute Gasteiger partial charge is 0.146 e. The third-order valence-corrected chi connectivity index (χ3v) is 1.79. The van der Waals surface area contributed by atoms with E-state index in [0.29, 0.717) is 0 Å². The molecule has 0 spiro atoms. The predicted octanol–water partition coefficient (Wildman–Crippen LogP) is 1.59. The Balaban J connectivity index is 2.94. The van der Waals surface area contributed by atoms with Gasteiger partial charge in [0.1, 0.15) is 10.5 Å². The first kappa shape index (κ1) is 10.7. The van der Waals surface area contributed by atoms with E-state index < -0.39 is 0 Å². The summed E-state index contributed by atoms with van der Waals surface area (Å²) in [6.45, 7) is 4.47. The van der Waals surface area contributed by atoms with Gasteiger partial charge in [0.05, 0.1) is 6.61 Å². The highest BCUT2D eigenvalue weighted by Crippen LogP contribution is 2.00. The minimum absolute atomic E-state index is 0.799. The topological polar surface area (TPSA) is 9.23 Å². The second-order valence-electron chi connectivity index (χ2n) is 2.50. The number of rotatable bonds is 7. The molecule has 0 aromatic heterocycles. The number of hydrogen-bond acceptors (Lipinski definition) is 1. The molecular weight excluding hydrogens is 152 g/mol. The van der Waals surface area contributed by atoms with Crippen molar-refractivity contribution in [3.8, 4) is 0 Å². The normalized spacial score (nSPS) is 10.9. The van der Waals surface area contributed by atoms with Gasteiger partial charge in [-0.05, 0) is 25.7 Å². The lowest BCUT2D eigenvalue weighted by molar-refractivity contribution is 0.401. The molecule has 64 valence electrons. The van der Waals surface area contributed by atoms with Crippen LogP contribution in [0.15, 0.2) is 24.8 Å². The molecule has 0 aliphatic rings. The van der Waals surface area contributed by atoms with Crippen LogP contribution in [0, 0.1) is 0 Å². The van der Waals surface area contributed by atoms with Gasteiger partial charge in [0, 0.05) is 0 Å². The Morgan fingerprint density at radius 2 is 1.91 bits per heavy atom. The molecule has 0 aromatic carbocycles. The second kappa shape index (κ2) is 9.66. The van der Waals surface area contributed by atoms with Gasteiger partial charge >= 0.3 is 0 Å². The molecule has 0 aliphatic heterocycles. The SMILES string of the molecule is C=CCCCC/C=C/CO[SiH3]. The second-order valence-corrected chi connectivity index (χ2v) is 3.08. The quantitative estimate of drug-likeness (QED) is 0.320. The van der Waals surface area contributed by atoms with Crippen molar-refractivity contribution in [1.82, 2.24) is 0 Å². The highest BCUT2D eigenvalue weighted by molar-refractivity contribution is 5.98. The first-order valence-electron chi connectivity index (χ1n) is 4.16. The first-order chi connectivity index (χ1) is 5.41. The Kier molecular flexibility index (Phi) is 9.36. The lowest BCUT2D eigenvalue weighted by Crippen LogP contribution is -1.82. The van der Waals surface area contributed by atoms with Crippen LogP contribution in [0.25, 0.3) is 0 Å². The largest absolute Gasteiger partial charge is 0.424 e. The van der Waals surface area contributed by atoms with E-state index >= 15 is 0 Å². The third-order valence-electron chi connectivity index (χ3n) is 1.46. The van der Waals surface area contributed by atoms with Crippen molar-refractivity contribution in [2.45, 2.75) is 25.7 Å². The molecule has 0 N–H and O–H groups in total. The Morgan fingerprint density at radius 1 is 1.18 bits per heavy atom. The van der Waals surface area contributed by atoms with Crippen molar-refractivity contribution in [3.63, 3.8) is 0 Å². The van der Waals surface area contributed by atoms with E-state index in [4.69, 9.17) is 4.43 Å². The maximum atomic E-state index is 5.01. The lowest BCUT2D eigenvalue weighted by atomic mass is 10.2. The maximum absolute atomic E-state index is 5.01. The van der Waals surface area contributed by atoms with Crippen LogP contribution < -0.4 is 0 Å². The highest BCUT2D eigenvalue weighted by Gasteiger charge is 1.81. The first-order valence-corrected chi connectivity index (χ1v) is 4.98. The van der Waals surface area contributed by atoms with Crippen LogP contribution in [0.3, 0.4) is 0 Å². The Labute approximate surface area is 72.7 Å². The Morgan fingerprint density at radius 3 is 2.55 bits per heavy atom. The molecule has 0 bridgehead atoms. The maximum Gasteiger partial charge on any atom is 0.146 e. The van der Waals surface area contributed by atoms with Crippen molar-refractivity contribution < 1.29 is 4.43 Å². The molecule has 0 atom stereocenters. The van der Waals surface area contributed by atoms with Crippen LogP contribution in [-0.4, -0.2) is 17.1 Å². The fraction of sp³-hybridized carbons (Fsp3) is 0.556. The summed E-state index contributed by atoms with van der Waals surface area (Å²) >= 11 is 0. The molecule has 11 heavy (non-hydrogen) atoms. The van der Waals surface area contributed by atoms with E-state index in [1.54, 1.807) is 0 Å². The van der Waals surface area contributed by atoms with Gasteiger partial charge in [0.25, 0.3) is 0 Å². The van der Waals surface area contributed by atoms with Crippen molar-refractivity contribution in [3.05, 3.63) is 24.8 Å². The molecule has 0 aliphatic carbocycles. The molecular formula is C9H18OSi. The van der Waals surface area contributed by atoms with Gasteiger partial charge in [-0.15, -0.1) is 6.58 Å². The fourth-order valence-corrected chi connectivity index (χ4v) is 1.03. The van der Waals surface area contributed by atoms with Gasteiger partial charge < -0.3 is 4.43 Å². The average Bonchev–Trinajstić information content (AvgIpc) is 2.03. The third kappa shape index (κ3) is 9.66. The summed E-state index contributed by atoms with van der Waals surface area (Å²) < 4.78 is 5.01. The summed E-state index contributed by atoms with van der Waals surface area (Å²) in [7, 11) is 0.845. The van der Waals surface area contributed by atoms with E-state index in [-0.39, 0.29) is 0 Å². The Bertz CT molecular complexity index is 110. The van der Waals surface area contributed by atoms with Crippen LogP contribution >= 0.6 is 0 Å². The molecule has 0 heterocycles. The standard InChI is InChI=1S/C9H18OSi/c1-2-3-4-5-6-7-8-9-10-11/h2,7-8H,1,3-6,9H2,11H3/b8-7+. The van der Waals surface area contributed by atoms with Gasteiger partial charge in [-0.1, -0.05) is 18.2 Å². The van der Waals surface area contributed by atoms with Gasteiger partial charge in [-0.2, -0.15) is 0 Å². The molecule has 0 saturated heterocycles. The van der Waals surface area contributed by atoms with Crippen LogP contribution in [-0.2, 0) is 4.43 Å². The zero-order valence-electron chi connectivity index (χ0n) is 7.38. The molecule has 0 aromatic rings. The molecule has 0 rings (SSSR count). The monoisotopic (exact) mass is 170 g/mol. The highest BCUT2D eigenvalue weighted by atomic mass is 28.2. The number of hydrogen-bond donors (Lipinski definition) is 0. The van der Waals surface area contributed by atoms with Crippen molar-refractivity contribution in [2.75, 3.05) is 6.61 Å². The average molecular weight is 170 g/mol.